The molecule has 4 N–H and O–H groups in total. The fraction of sp³-hybridized carbons (Fsp3) is 0.846. The van der Waals surface area contributed by atoms with Gasteiger partial charge in [0.1, 0.15) is 9.84 Å². The first-order chi connectivity index (χ1) is 9.69. The first-order valence-electron chi connectivity index (χ1n) is 7.15. The van der Waals surface area contributed by atoms with E-state index in [0.717, 1.165) is 25.5 Å². The Morgan fingerprint density at radius 3 is 2.52 bits per heavy atom. The molecular formula is C13H22N2O5S. The van der Waals surface area contributed by atoms with Gasteiger partial charge < -0.3 is 16.2 Å². The molecule has 2 bridgehead atoms. The third-order valence-corrected chi connectivity index (χ3v) is 5.62. The van der Waals surface area contributed by atoms with E-state index < -0.39 is 33.7 Å². The lowest BCUT2D eigenvalue weighted by atomic mass is 9.84. The summed E-state index contributed by atoms with van der Waals surface area (Å²) in [6, 6.07) is -1.30. The molecule has 0 heterocycles. The van der Waals surface area contributed by atoms with Crippen molar-refractivity contribution in [3.8, 4) is 0 Å². The number of hydrogen-bond acceptors (Lipinski definition) is 5. The number of nitrogens with two attached hydrogens (primary N) is 1. The Hall–Kier alpha value is -1.15. The molecular weight excluding hydrogens is 296 g/mol. The average molecular weight is 318 g/mol. The highest BCUT2D eigenvalue weighted by atomic mass is 32.2. The molecule has 120 valence electrons. The van der Waals surface area contributed by atoms with Crippen LogP contribution in [-0.4, -0.2) is 49.5 Å². The molecule has 2 saturated carbocycles. The topological polar surface area (TPSA) is 127 Å². The summed E-state index contributed by atoms with van der Waals surface area (Å²) in [6.45, 7) is 0. The summed E-state index contributed by atoms with van der Waals surface area (Å²) >= 11 is 0. The molecule has 2 aliphatic rings. The van der Waals surface area contributed by atoms with Crippen molar-refractivity contribution in [3.05, 3.63) is 0 Å². The molecule has 2 rings (SSSR count). The van der Waals surface area contributed by atoms with Gasteiger partial charge in [-0.05, 0) is 37.5 Å². The zero-order chi connectivity index (χ0) is 15.8. The summed E-state index contributed by atoms with van der Waals surface area (Å²) in [5.41, 5.74) is 5.70. The van der Waals surface area contributed by atoms with Crippen molar-refractivity contribution in [2.75, 3.05) is 12.0 Å². The van der Waals surface area contributed by atoms with Crippen molar-refractivity contribution >= 4 is 21.7 Å². The molecule has 0 aromatic heterocycles. The van der Waals surface area contributed by atoms with E-state index in [0.29, 0.717) is 0 Å². The number of carbonyl (C=O) groups excluding carboxylic acids is 1. The fourth-order valence-electron chi connectivity index (χ4n) is 3.60. The Balaban J connectivity index is 1.94. The van der Waals surface area contributed by atoms with E-state index in [1.165, 1.54) is 0 Å². The van der Waals surface area contributed by atoms with Crippen LogP contribution >= 0.6 is 0 Å². The third-order valence-electron chi connectivity index (χ3n) is 4.65. The lowest BCUT2D eigenvalue weighted by Crippen LogP contribution is -2.52. The Labute approximate surface area is 124 Å². The standard InChI is InChI=1S/C13H22N2O5S/c1-21(19,20)5-4-9(14)12(16)15-11-8-3-2-7(6-8)10(11)13(17)18/h7-11H,2-6,14H2,1H3,(H,15,16)(H,17,18). The van der Waals surface area contributed by atoms with Crippen molar-refractivity contribution in [2.45, 2.75) is 37.8 Å². The molecule has 0 saturated heterocycles. The molecule has 21 heavy (non-hydrogen) atoms. The summed E-state index contributed by atoms with van der Waals surface area (Å²) < 4.78 is 22.2. The van der Waals surface area contributed by atoms with Gasteiger partial charge in [-0.2, -0.15) is 0 Å². The second kappa shape index (κ2) is 5.92. The number of amides is 1. The van der Waals surface area contributed by atoms with Crippen LogP contribution in [0, 0.1) is 17.8 Å². The van der Waals surface area contributed by atoms with Gasteiger partial charge in [-0.25, -0.2) is 8.42 Å². The summed E-state index contributed by atoms with van der Waals surface area (Å²) in [4.78, 5) is 23.4. The van der Waals surface area contributed by atoms with Crippen molar-refractivity contribution < 1.29 is 23.1 Å². The zero-order valence-electron chi connectivity index (χ0n) is 12.0. The van der Waals surface area contributed by atoms with Crippen LogP contribution in [0.3, 0.4) is 0 Å². The quantitative estimate of drug-likeness (QED) is 0.598. The predicted molar refractivity (Wildman–Crippen MR) is 76.2 cm³/mol. The van der Waals surface area contributed by atoms with Crippen LogP contribution < -0.4 is 11.1 Å². The van der Waals surface area contributed by atoms with Crippen molar-refractivity contribution in [1.29, 1.82) is 0 Å². The highest BCUT2D eigenvalue weighted by Crippen LogP contribution is 2.48. The van der Waals surface area contributed by atoms with Crippen LogP contribution in [-0.2, 0) is 19.4 Å². The van der Waals surface area contributed by atoms with Gasteiger partial charge in [0.25, 0.3) is 0 Å². The van der Waals surface area contributed by atoms with Crippen LogP contribution in [0.15, 0.2) is 0 Å². The van der Waals surface area contributed by atoms with Gasteiger partial charge in [0.15, 0.2) is 0 Å². The molecule has 5 unspecified atom stereocenters. The smallest absolute Gasteiger partial charge is 0.308 e. The number of carboxylic acid groups (broad SMARTS) is 1. The van der Waals surface area contributed by atoms with E-state index in [9.17, 15) is 23.1 Å². The van der Waals surface area contributed by atoms with Gasteiger partial charge in [-0.3, -0.25) is 9.59 Å². The Kier molecular flexibility index (Phi) is 4.57. The second-order valence-electron chi connectivity index (χ2n) is 6.26. The molecule has 0 aromatic rings. The van der Waals surface area contributed by atoms with Crippen LogP contribution in [0.4, 0.5) is 0 Å². The Morgan fingerprint density at radius 1 is 1.33 bits per heavy atom. The molecule has 0 spiro atoms. The van der Waals surface area contributed by atoms with Gasteiger partial charge in [-0.15, -0.1) is 0 Å². The lowest BCUT2D eigenvalue weighted by molar-refractivity contribution is -0.144. The van der Waals surface area contributed by atoms with Crippen LogP contribution in [0.5, 0.6) is 0 Å². The maximum absolute atomic E-state index is 12.0. The summed E-state index contributed by atoms with van der Waals surface area (Å²) in [5.74, 6) is -1.71. The van der Waals surface area contributed by atoms with Gasteiger partial charge >= 0.3 is 5.97 Å². The minimum Gasteiger partial charge on any atom is -0.481 e. The monoisotopic (exact) mass is 318 g/mol. The van der Waals surface area contributed by atoms with E-state index in [1.54, 1.807) is 0 Å². The lowest BCUT2D eigenvalue weighted by Gasteiger charge is -2.29. The first-order valence-corrected chi connectivity index (χ1v) is 9.21. The van der Waals surface area contributed by atoms with E-state index in [1.807, 2.05) is 0 Å². The average Bonchev–Trinajstić information content (AvgIpc) is 2.95. The largest absolute Gasteiger partial charge is 0.481 e. The molecule has 0 aromatic carbocycles. The van der Waals surface area contributed by atoms with E-state index in [-0.39, 0.29) is 30.1 Å². The van der Waals surface area contributed by atoms with Crippen LogP contribution in [0.25, 0.3) is 0 Å². The SMILES string of the molecule is CS(=O)(=O)CCC(N)C(=O)NC1C2CCC(C2)C1C(=O)O. The van der Waals surface area contributed by atoms with Crippen molar-refractivity contribution in [2.24, 2.45) is 23.5 Å². The van der Waals surface area contributed by atoms with Crippen molar-refractivity contribution in [3.63, 3.8) is 0 Å². The molecule has 0 aliphatic heterocycles. The molecule has 1 amide bonds. The van der Waals surface area contributed by atoms with Crippen LogP contribution in [0.2, 0.25) is 0 Å². The first kappa shape index (κ1) is 16.2. The minimum atomic E-state index is -3.17. The maximum atomic E-state index is 12.0. The summed E-state index contributed by atoms with van der Waals surface area (Å²) in [6.07, 6.45) is 3.80. The molecule has 2 aliphatic carbocycles. The van der Waals surface area contributed by atoms with E-state index >= 15 is 0 Å². The second-order valence-corrected chi connectivity index (χ2v) is 8.52. The number of fused-ring (bicyclic) bond motifs is 2. The van der Waals surface area contributed by atoms with E-state index in [2.05, 4.69) is 5.32 Å². The van der Waals surface area contributed by atoms with Crippen LogP contribution in [0.1, 0.15) is 25.7 Å². The maximum Gasteiger partial charge on any atom is 0.308 e. The third kappa shape index (κ3) is 3.74. The predicted octanol–water partition coefficient (Wildman–Crippen LogP) is -0.636. The molecule has 2 fully saturated rings. The fourth-order valence-corrected chi connectivity index (χ4v) is 4.28. The Morgan fingerprint density at radius 2 is 1.95 bits per heavy atom. The number of sulfone groups is 1. The van der Waals surface area contributed by atoms with E-state index in [4.69, 9.17) is 5.73 Å². The number of carbonyl (C=O) groups is 2. The van der Waals surface area contributed by atoms with Gasteiger partial charge in [0, 0.05) is 12.3 Å². The Bertz CT molecular complexity index is 533. The number of carboxylic acids is 1. The summed E-state index contributed by atoms with van der Waals surface area (Å²) in [7, 11) is -3.17. The number of aliphatic carboxylic acids is 1. The molecule has 0 radical (unpaired) electrons. The molecule has 7 nitrogen and oxygen atoms in total. The summed E-state index contributed by atoms with van der Waals surface area (Å²) in [5, 5.41) is 12.0. The normalized spacial score (nSPS) is 32.9. The van der Waals surface area contributed by atoms with Crippen molar-refractivity contribution in [1.82, 2.24) is 5.32 Å². The minimum absolute atomic E-state index is 0.0449. The highest BCUT2D eigenvalue weighted by Gasteiger charge is 2.51. The number of hydrogen-bond donors (Lipinski definition) is 3. The molecule has 8 heteroatoms. The van der Waals surface area contributed by atoms with Gasteiger partial charge in [0.2, 0.25) is 5.91 Å². The number of rotatable bonds is 6. The number of nitrogens with one attached hydrogen (secondary N) is 1. The molecule has 5 atom stereocenters. The van der Waals surface area contributed by atoms with Gasteiger partial charge in [0.05, 0.1) is 17.7 Å². The van der Waals surface area contributed by atoms with Gasteiger partial charge in [-0.1, -0.05) is 0 Å². The highest BCUT2D eigenvalue weighted by molar-refractivity contribution is 7.90. The zero-order valence-corrected chi connectivity index (χ0v) is 12.8.